The average molecular weight is 677 g/mol. The summed E-state index contributed by atoms with van der Waals surface area (Å²) in [5.74, 6) is -3.61. The van der Waals surface area contributed by atoms with Gasteiger partial charge in [-0.15, -0.1) is 0 Å². The van der Waals surface area contributed by atoms with Gasteiger partial charge in [-0.05, 0) is 54.7 Å². The SMILES string of the molecule is COC1(c2ccc(Cl)c(Cc3ccc(OC4CC5(COC5)C4)cc3)c2)O[C@H](COC(C)=O)[C@@H](OC(C)=O)[C@H](OC(C)=O)[C@H]1OC(=O)O. The third-order valence-corrected chi connectivity index (χ3v) is 8.85. The zero-order chi connectivity index (χ0) is 33.9. The highest BCUT2D eigenvalue weighted by molar-refractivity contribution is 6.31. The molecule has 0 amide bonds. The van der Waals surface area contributed by atoms with E-state index in [-0.39, 0.29) is 11.7 Å². The zero-order valence-corrected chi connectivity index (χ0v) is 27.2. The highest BCUT2D eigenvalue weighted by Gasteiger charge is 2.62. The molecule has 2 saturated heterocycles. The van der Waals surface area contributed by atoms with Gasteiger partial charge in [0, 0.05) is 43.9 Å². The molecule has 1 aliphatic carbocycles. The fourth-order valence-corrected chi connectivity index (χ4v) is 6.54. The van der Waals surface area contributed by atoms with Crippen LogP contribution in [0.1, 0.15) is 50.3 Å². The summed E-state index contributed by atoms with van der Waals surface area (Å²) in [6.45, 7) is 4.51. The molecule has 2 aromatic carbocycles. The van der Waals surface area contributed by atoms with Crippen LogP contribution in [0.3, 0.4) is 0 Å². The maximum absolute atomic E-state index is 12.3. The molecular weight excluding hydrogens is 640 g/mol. The van der Waals surface area contributed by atoms with Crippen LogP contribution in [0.15, 0.2) is 42.5 Å². The largest absolute Gasteiger partial charge is 0.506 e. The molecule has 0 bridgehead atoms. The van der Waals surface area contributed by atoms with Crippen LogP contribution in [-0.4, -0.2) is 86.6 Å². The molecule has 1 unspecified atom stereocenters. The Kier molecular flexibility index (Phi) is 10.3. The molecule has 13 nitrogen and oxygen atoms in total. The van der Waals surface area contributed by atoms with Gasteiger partial charge in [0.1, 0.15) is 24.6 Å². The molecule has 14 heteroatoms. The number of rotatable bonds is 11. The monoisotopic (exact) mass is 676 g/mol. The van der Waals surface area contributed by atoms with Gasteiger partial charge in [0.25, 0.3) is 0 Å². The summed E-state index contributed by atoms with van der Waals surface area (Å²) in [7, 11) is 1.24. The maximum atomic E-state index is 12.3. The predicted molar refractivity (Wildman–Crippen MR) is 162 cm³/mol. The molecule has 0 radical (unpaired) electrons. The van der Waals surface area contributed by atoms with Crippen molar-refractivity contribution in [1.82, 2.24) is 0 Å². The Bertz CT molecular complexity index is 1480. The van der Waals surface area contributed by atoms with Gasteiger partial charge < -0.3 is 43.0 Å². The topological polar surface area (TPSA) is 162 Å². The van der Waals surface area contributed by atoms with Gasteiger partial charge in [0.2, 0.25) is 11.9 Å². The van der Waals surface area contributed by atoms with E-state index in [0.29, 0.717) is 22.4 Å². The minimum atomic E-state index is -2.08. The third kappa shape index (κ3) is 7.64. The number of esters is 3. The first-order chi connectivity index (χ1) is 22.3. The summed E-state index contributed by atoms with van der Waals surface area (Å²) < 4.78 is 45.0. The molecule has 254 valence electrons. The van der Waals surface area contributed by atoms with Crippen molar-refractivity contribution < 1.29 is 62.2 Å². The second-order valence-corrected chi connectivity index (χ2v) is 12.5. The second-order valence-electron chi connectivity index (χ2n) is 12.1. The van der Waals surface area contributed by atoms with Crippen LogP contribution in [-0.2, 0) is 59.7 Å². The van der Waals surface area contributed by atoms with Crippen molar-refractivity contribution in [3.8, 4) is 5.75 Å². The molecule has 1 saturated carbocycles. The quantitative estimate of drug-likeness (QED) is 0.267. The summed E-state index contributed by atoms with van der Waals surface area (Å²) in [5, 5.41) is 10.1. The van der Waals surface area contributed by atoms with E-state index in [1.54, 1.807) is 18.2 Å². The highest BCUT2D eigenvalue weighted by atomic mass is 35.5. The Morgan fingerprint density at radius 2 is 1.57 bits per heavy atom. The van der Waals surface area contributed by atoms with Crippen molar-refractivity contribution in [3.63, 3.8) is 0 Å². The lowest BCUT2D eigenvalue weighted by Gasteiger charge is -2.52. The molecule has 1 spiro atoms. The number of methoxy groups -OCH3 is 1. The van der Waals surface area contributed by atoms with Crippen LogP contribution in [0.5, 0.6) is 5.75 Å². The Balaban J connectivity index is 1.46. The summed E-state index contributed by atoms with van der Waals surface area (Å²) in [4.78, 5) is 48.1. The number of carbonyl (C=O) groups excluding carboxylic acids is 3. The molecular formula is C33H37ClO13. The van der Waals surface area contributed by atoms with Crippen LogP contribution in [0.2, 0.25) is 5.02 Å². The van der Waals surface area contributed by atoms with Crippen LogP contribution in [0.25, 0.3) is 0 Å². The van der Waals surface area contributed by atoms with Gasteiger partial charge >= 0.3 is 24.1 Å². The van der Waals surface area contributed by atoms with E-state index in [9.17, 15) is 24.3 Å². The van der Waals surface area contributed by atoms with Crippen LogP contribution in [0, 0.1) is 5.41 Å². The summed E-state index contributed by atoms with van der Waals surface area (Å²) >= 11 is 6.63. The summed E-state index contributed by atoms with van der Waals surface area (Å²) in [6.07, 6.45) is -5.26. The highest BCUT2D eigenvalue weighted by Crippen LogP contribution is 2.48. The van der Waals surface area contributed by atoms with Gasteiger partial charge in [-0.25, -0.2) is 4.79 Å². The summed E-state index contributed by atoms with van der Waals surface area (Å²) in [6, 6.07) is 12.4. The van der Waals surface area contributed by atoms with Crippen LogP contribution < -0.4 is 4.74 Å². The first kappa shape index (κ1) is 34.4. The lowest BCUT2D eigenvalue weighted by atomic mass is 9.65. The van der Waals surface area contributed by atoms with Crippen molar-refractivity contribution in [1.29, 1.82) is 0 Å². The van der Waals surface area contributed by atoms with Gasteiger partial charge in [-0.3, -0.25) is 14.4 Å². The molecule has 5 atom stereocenters. The molecule has 5 rings (SSSR count). The number of carboxylic acid groups (broad SMARTS) is 1. The number of benzene rings is 2. The first-order valence-electron chi connectivity index (χ1n) is 15.1. The average Bonchev–Trinajstić information content (AvgIpc) is 2.96. The molecule has 2 heterocycles. The Morgan fingerprint density at radius 3 is 2.13 bits per heavy atom. The fourth-order valence-electron chi connectivity index (χ4n) is 6.35. The van der Waals surface area contributed by atoms with Gasteiger partial charge in [0.15, 0.2) is 12.2 Å². The molecule has 2 aromatic rings. The van der Waals surface area contributed by atoms with E-state index in [0.717, 1.165) is 51.2 Å². The minimum Gasteiger partial charge on any atom is -0.490 e. The number of ether oxygens (including phenoxy) is 8. The first-order valence-corrected chi connectivity index (χ1v) is 15.4. The zero-order valence-electron chi connectivity index (χ0n) is 26.4. The van der Waals surface area contributed by atoms with E-state index in [4.69, 9.17) is 49.5 Å². The van der Waals surface area contributed by atoms with Crippen LogP contribution in [0.4, 0.5) is 4.79 Å². The van der Waals surface area contributed by atoms with Crippen molar-refractivity contribution in [3.05, 3.63) is 64.2 Å². The standard InChI is InChI=1S/C33H37ClO13/c1-18(35)42-15-27-28(43-19(2)36)29(44-20(3)37)30(46-31(38)39)33(40-4,47-27)23-7-10-26(34)22(12-23)11-21-5-8-24(9-6-21)45-25-13-32(14-25)16-41-17-32/h5-10,12,25,27-30H,11,13-17H2,1-4H3,(H,38,39)/t27-,28-,29+,30-,33?/m1/s1. The molecule has 1 N–H and O–H groups in total. The molecule has 47 heavy (non-hydrogen) atoms. The molecule has 3 aliphatic rings. The van der Waals surface area contributed by atoms with Crippen molar-refractivity contribution in [2.45, 2.75) is 76.3 Å². The Labute approximate surface area is 276 Å². The second kappa shape index (κ2) is 14.1. The van der Waals surface area contributed by atoms with E-state index in [1.165, 1.54) is 14.0 Å². The normalized spacial score (nSPS) is 26.3. The van der Waals surface area contributed by atoms with Crippen molar-refractivity contribution in [2.24, 2.45) is 5.41 Å². The van der Waals surface area contributed by atoms with Crippen molar-refractivity contribution in [2.75, 3.05) is 26.9 Å². The van der Waals surface area contributed by atoms with Gasteiger partial charge in [0.05, 0.1) is 13.2 Å². The smallest absolute Gasteiger partial charge is 0.490 e. The van der Waals surface area contributed by atoms with Crippen LogP contribution >= 0.6 is 11.6 Å². The van der Waals surface area contributed by atoms with E-state index in [2.05, 4.69) is 0 Å². The van der Waals surface area contributed by atoms with Crippen molar-refractivity contribution >= 4 is 35.7 Å². The predicted octanol–water partition coefficient (Wildman–Crippen LogP) is 4.18. The number of hydrogen-bond acceptors (Lipinski definition) is 12. The lowest BCUT2D eigenvalue weighted by Crippen LogP contribution is -2.67. The minimum absolute atomic E-state index is 0.165. The molecule has 3 fully saturated rings. The van der Waals surface area contributed by atoms with E-state index >= 15 is 0 Å². The fraction of sp³-hybridized carbons (Fsp3) is 0.515. The lowest BCUT2D eigenvalue weighted by molar-refractivity contribution is -0.367. The maximum Gasteiger partial charge on any atom is 0.506 e. The summed E-state index contributed by atoms with van der Waals surface area (Å²) in [5.41, 5.74) is 2.07. The molecule has 2 aliphatic heterocycles. The Morgan fingerprint density at radius 1 is 0.915 bits per heavy atom. The van der Waals surface area contributed by atoms with E-state index in [1.807, 2.05) is 24.3 Å². The van der Waals surface area contributed by atoms with Gasteiger partial charge in [-0.1, -0.05) is 29.8 Å². The Hall–Kier alpha value is -3.91. The number of halogens is 1. The number of carbonyl (C=O) groups is 4. The number of hydrogen-bond donors (Lipinski definition) is 1. The van der Waals surface area contributed by atoms with E-state index < -0.39 is 60.9 Å². The molecule has 0 aromatic heterocycles. The van der Waals surface area contributed by atoms with Gasteiger partial charge in [-0.2, -0.15) is 0 Å². The third-order valence-electron chi connectivity index (χ3n) is 8.48.